The number of rotatable bonds is 7. The molecule has 3 rings (SSSR count). The van der Waals surface area contributed by atoms with Gasteiger partial charge in [0.1, 0.15) is 16.5 Å². The molecule has 0 spiro atoms. The van der Waals surface area contributed by atoms with E-state index in [1.165, 1.54) is 23.5 Å². The van der Waals surface area contributed by atoms with E-state index in [4.69, 9.17) is 0 Å². The molecule has 0 aliphatic rings. The predicted molar refractivity (Wildman–Crippen MR) is 98.5 cm³/mol. The molecule has 0 bridgehead atoms. The van der Waals surface area contributed by atoms with Gasteiger partial charge in [0.05, 0.1) is 19.0 Å². The van der Waals surface area contributed by atoms with E-state index in [-0.39, 0.29) is 30.1 Å². The van der Waals surface area contributed by atoms with Crippen molar-refractivity contribution in [1.29, 1.82) is 0 Å². The van der Waals surface area contributed by atoms with Gasteiger partial charge in [-0.2, -0.15) is 0 Å². The highest BCUT2D eigenvalue weighted by Gasteiger charge is 2.18. The minimum absolute atomic E-state index is 0.0261. The first-order valence-corrected chi connectivity index (χ1v) is 9.26. The lowest BCUT2D eigenvalue weighted by atomic mass is 10.1. The number of hydrogen-bond acceptors (Lipinski definition) is 5. The van der Waals surface area contributed by atoms with E-state index >= 15 is 0 Å². The Morgan fingerprint density at radius 3 is 2.89 bits per heavy atom. The van der Waals surface area contributed by atoms with E-state index in [2.05, 4.69) is 25.6 Å². The van der Waals surface area contributed by atoms with Crippen molar-refractivity contribution in [3.8, 4) is 0 Å². The lowest BCUT2D eigenvalue weighted by Crippen LogP contribution is -2.28. The van der Waals surface area contributed by atoms with E-state index in [9.17, 15) is 18.4 Å². The van der Waals surface area contributed by atoms with Crippen LogP contribution in [0.1, 0.15) is 39.8 Å². The number of nitrogens with one attached hydrogen (secondary N) is 3. The van der Waals surface area contributed by atoms with E-state index in [0.29, 0.717) is 10.8 Å². The predicted octanol–water partition coefficient (Wildman–Crippen LogP) is 2.49. The van der Waals surface area contributed by atoms with Gasteiger partial charge in [-0.3, -0.25) is 9.59 Å². The van der Waals surface area contributed by atoms with Crippen molar-refractivity contribution in [2.75, 3.05) is 0 Å². The Morgan fingerprint density at radius 1 is 1.32 bits per heavy atom. The minimum atomic E-state index is -1.03. The summed E-state index contributed by atoms with van der Waals surface area (Å²) in [6.07, 6.45) is 2.95. The van der Waals surface area contributed by atoms with Crippen molar-refractivity contribution < 1.29 is 18.4 Å². The first-order chi connectivity index (χ1) is 13.4. The highest BCUT2D eigenvalue weighted by Crippen LogP contribution is 2.19. The molecule has 10 heteroatoms. The monoisotopic (exact) mass is 405 g/mol. The number of H-pyrrole nitrogens is 1. The third-order valence-electron chi connectivity index (χ3n) is 3.86. The van der Waals surface area contributed by atoms with Gasteiger partial charge >= 0.3 is 0 Å². The fourth-order valence-corrected chi connectivity index (χ4v) is 3.26. The molecular formula is C18H17F2N5O2S. The molecule has 1 aromatic carbocycles. The summed E-state index contributed by atoms with van der Waals surface area (Å²) in [6, 6.07) is 3.21. The summed E-state index contributed by atoms with van der Waals surface area (Å²) >= 11 is 1.22. The molecule has 1 atom stereocenters. The molecule has 0 fully saturated rings. The summed E-state index contributed by atoms with van der Waals surface area (Å²) in [5.74, 6) is -2.25. The number of benzene rings is 1. The first-order valence-electron chi connectivity index (χ1n) is 8.38. The number of amides is 2. The quantitative estimate of drug-likeness (QED) is 0.562. The van der Waals surface area contributed by atoms with Crippen molar-refractivity contribution in [2.45, 2.75) is 25.9 Å². The Kier molecular flexibility index (Phi) is 6.09. The van der Waals surface area contributed by atoms with Crippen molar-refractivity contribution in [3.05, 3.63) is 69.7 Å². The molecule has 0 aliphatic carbocycles. The highest BCUT2D eigenvalue weighted by atomic mass is 32.1. The Bertz CT molecular complexity index is 974. The second-order valence-corrected chi connectivity index (χ2v) is 6.86. The van der Waals surface area contributed by atoms with Gasteiger partial charge in [0.15, 0.2) is 11.6 Å². The number of thiazole rings is 1. The summed E-state index contributed by atoms with van der Waals surface area (Å²) in [5, 5.41) is 7.47. The van der Waals surface area contributed by atoms with Crippen LogP contribution in [0.2, 0.25) is 0 Å². The average Bonchev–Trinajstić information content (AvgIpc) is 3.35. The van der Waals surface area contributed by atoms with E-state index in [1.54, 1.807) is 24.7 Å². The smallest absolute Gasteiger partial charge is 0.271 e. The summed E-state index contributed by atoms with van der Waals surface area (Å²) in [7, 11) is 0. The summed E-state index contributed by atoms with van der Waals surface area (Å²) in [4.78, 5) is 35.4. The van der Waals surface area contributed by atoms with Crippen LogP contribution < -0.4 is 10.6 Å². The number of carbonyl (C=O) groups excluding carboxylic acids is 2. The van der Waals surface area contributed by atoms with E-state index in [1.807, 2.05) is 0 Å². The maximum atomic E-state index is 13.7. The Labute approximate surface area is 163 Å². The molecule has 146 valence electrons. The van der Waals surface area contributed by atoms with Gasteiger partial charge in [-0.25, -0.2) is 18.7 Å². The van der Waals surface area contributed by atoms with Crippen LogP contribution in [-0.2, 0) is 17.8 Å². The Hall–Kier alpha value is -3.14. The first kappa shape index (κ1) is 19.6. The molecule has 2 aromatic heterocycles. The van der Waals surface area contributed by atoms with Gasteiger partial charge in [-0.1, -0.05) is 12.1 Å². The molecular weight excluding hydrogens is 388 g/mol. The zero-order valence-electron chi connectivity index (χ0n) is 14.8. The van der Waals surface area contributed by atoms with Crippen LogP contribution >= 0.6 is 11.3 Å². The van der Waals surface area contributed by atoms with Crippen LogP contribution in [0.5, 0.6) is 0 Å². The standard InChI is InChI=1S/C18H17F2N5O2S/c1-10(24-15(26)7-11-3-2-4-12(19)16(11)20)18-25-13(9-28-18)17(27)23-8-14-21-5-6-22-14/h2-6,9-10H,7-8H2,1H3,(H,21,22)(H,23,27)(H,24,26)/t10-/m0/s1. The van der Waals surface area contributed by atoms with Gasteiger partial charge in [-0.05, 0) is 13.0 Å². The Morgan fingerprint density at radius 2 is 2.14 bits per heavy atom. The van der Waals surface area contributed by atoms with Crippen molar-refractivity contribution in [3.63, 3.8) is 0 Å². The van der Waals surface area contributed by atoms with Gasteiger partial charge in [-0.15, -0.1) is 11.3 Å². The maximum Gasteiger partial charge on any atom is 0.271 e. The maximum absolute atomic E-state index is 13.7. The summed E-state index contributed by atoms with van der Waals surface area (Å²) < 4.78 is 26.9. The average molecular weight is 405 g/mol. The van der Waals surface area contributed by atoms with E-state index in [0.717, 1.165) is 6.07 Å². The fourth-order valence-electron chi connectivity index (χ4n) is 2.45. The molecule has 0 unspecified atom stereocenters. The Balaban J connectivity index is 1.55. The topological polar surface area (TPSA) is 99.8 Å². The van der Waals surface area contributed by atoms with Crippen LogP contribution in [0.15, 0.2) is 36.0 Å². The number of imidazole rings is 1. The van der Waals surface area contributed by atoms with Crippen LogP contribution in [0.25, 0.3) is 0 Å². The van der Waals surface area contributed by atoms with Crippen molar-refractivity contribution >= 4 is 23.2 Å². The third kappa shape index (κ3) is 4.77. The zero-order valence-corrected chi connectivity index (χ0v) is 15.6. The molecule has 0 saturated carbocycles. The fraction of sp³-hybridized carbons (Fsp3) is 0.222. The van der Waals surface area contributed by atoms with Gasteiger partial charge in [0.25, 0.3) is 5.91 Å². The number of aromatic nitrogens is 3. The summed E-state index contributed by atoms with van der Waals surface area (Å²) in [5.41, 5.74) is 0.200. The molecule has 3 N–H and O–H groups in total. The molecule has 3 aromatic rings. The minimum Gasteiger partial charge on any atom is -0.347 e. The molecule has 28 heavy (non-hydrogen) atoms. The second kappa shape index (κ2) is 8.70. The van der Waals surface area contributed by atoms with Crippen LogP contribution in [0, 0.1) is 11.6 Å². The van der Waals surface area contributed by atoms with Crippen LogP contribution in [0.3, 0.4) is 0 Å². The third-order valence-corrected chi connectivity index (χ3v) is 4.88. The number of aromatic amines is 1. The number of hydrogen-bond donors (Lipinski definition) is 3. The largest absolute Gasteiger partial charge is 0.347 e. The molecule has 2 amide bonds. The van der Waals surface area contributed by atoms with Crippen molar-refractivity contribution in [2.24, 2.45) is 0 Å². The van der Waals surface area contributed by atoms with Crippen molar-refractivity contribution in [1.82, 2.24) is 25.6 Å². The van der Waals surface area contributed by atoms with Crippen LogP contribution in [0.4, 0.5) is 8.78 Å². The molecule has 0 radical (unpaired) electrons. The molecule has 0 aliphatic heterocycles. The van der Waals surface area contributed by atoms with Crippen LogP contribution in [-0.4, -0.2) is 26.8 Å². The lowest BCUT2D eigenvalue weighted by molar-refractivity contribution is -0.121. The molecule has 2 heterocycles. The lowest BCUT2D eigenvalue weighted by Gasteiger charge is -2.11. The van der Waals surface area contributed by atoms with E-state index < -0.39 is 23.6 Å². The number of nitrogens with zero attached hydrogens (tertiary/aromatic N) is 2. The number of carbonyl (C=O) groups is 2. The normalized spacial score (nSPS) is 11.8. The second-order valence-electron chi connectivity index (χ2n) is 5.97. The summed E-state index contributed by atoms with van der Waals surface area (Å²) in [6.45, 7) is 1.94. The highest BCUT2D eigenvalue weighted by molar-refractivity contribution is 7.09. The SMILES string of the molecule is C[C@H](NC(=O)Cc1cccc(F)c1F)c1nc(C(=O)NCc2ncc[nH]2)cs1. The van der Waals surface area contributed by atoms with Gasteiger partial charge in [0, 0.05) is 23.3 Å². The van der Waals surface area contributed by atoms with Gasteiger partial charge in [0.2, 0.25) is 5.91 Å². The van der Waals surface area contributed by atoms with Gasteiger partial charge < -0.3 is 15.6 Å². The number of halogens is 2. The zero-order chi connectivity index (χ0) is 20.1. The molecule has 0 saturated heterocycles. The molecule has 7 nitrogen and oxygen atoms in total.